The zero-order chi connectivity index (χ0) is 19.1. The molecule has 3 rings (SSSR count). The maximum Gasteiger partial charge on any atom is 0.255 e. The van der Waals surface area contributed by atoms with Crippen LogP contribution < -0.4 is 14.8 Å². The Labute approximate surface area is 159 Å². The van der Waals surface area contributed by atoms with Crippen LogP contribution in [0.15, 0.2) is 60.7 Å². The fourth-order valence-electron chi connectivity index (χ4n) is 2.77. The lowest BCUT2D eigenvalue weighted by molar-refractivity contribution is 0.0680. The number of carbonyl (C=O) groups excluding carboxylic acids is 1. The van der Waals surface area contributed by atoms with E-state index in [-0.39, 0.29) is 12.0 Å². The van der Waals surface area contributed by atoms with E-state index in [4.69, 9.17) is 14.2 Å². The van der Waals surface area contributed by atoms with Crippen LogP contribution in [0.2, 0.25) is 0 Å². The molecule has 1 aliphatic heterocycles. The Kier molecular flexibility index (Phi) is 6.49. The summed E-state index contributed by atoms with van der Waals surface area (Å²) in [5.74, 6) is 1.15. The predicted octanol–water partition coefficient (Wildman–Crippen LogP) is 4.45. The Morgan fingerprint density at radius 2 is 1.96 bits per heavy atom. The van der Waals surface area contributed by atoms with Crippen LogP contribution in [0.3, 0.4) is 0 Å². The van der Waals surface area contributed by atoms with Gasteiger partial charge >= 0.3 is 0 Å². The van der Waals surface area contributed by atoms with Gasteiger partial charge in [0, 0.05) is 23.9 Å². The van der Waals surface area contributed by atoms with Gasteiger partial charge in [0.25, 0.3) is 5.91 Å². The van der Waals surface area contributed by atoms with Gasteiger partial charge in [0.05, 0.1) is 6.10 Å². The Bertz CT molecular complexity index is 796. The van der Waals surface area contributed by atoms with Gasteiger partial charge in [0.2, 0.25) is 0 Å². The molecule has 1 fully saturated rings. The van der Waals surface area contributed by atoms with Crippen molar-refractivity contribution in [1.82, 2.24) is 0 Å². The van der Waals surface area contributed by atoms with Crippen LogP contribution in [0.5, 0.6) is 11.5 Å². The first kappa shape index (κ1) is 19.0. The average Bonchev–Trinajstić information content (AvgIpc) is 3.19. The smallest absolute Gasteiger partial charge is 0.255 e. The standard InChI is InChI=1S/C22H25NO4/c1-16(2)14-26-19-8-3-6-17(12-19)22(24)23-18-7-4-9-20(13-18)27-15-21-10-5-11-25-21/h3-4,6-9,12-13,21H,1,5,10-11,14-15H2,2H3,(H,23,24). The van der Waals surface area contributed by atoms with Crippen LogP contribution >= 0.6 is 0 Å². The molecule has 0 saturated carbocycles. The lowest BCUT2D eigenvalue weighted by atomic mass is 10.2. The van der Waals surface area contributed by atoms with Crippen LogP contribution in [0.25, 0.3) is 0 Å². The summed E-state index contributed by atoms with van der Waals surface area (Å²) in [6.45, 7) is 7.46. The van der Waals surface area contributed by atoms with E-state index in [2.05, 4.69) is 11.9 Å². The molecule has 0 aliphatic carbocycles. The van der Waals surface area contributed by atoms with E-state index < -0.39 is 0 Å². The fraction of sp³-hybridized carbons (Fsp3) is 0.318. The van der Waals surface area contributed by atoms with Crippen molar-refractivity contribution in [2.24, 2.45) is 0 Å². The number of carbonyl (C=O) groups is 1. The number of nitrogens with one attached hydrogen (secondary N) is 1. The third-order valence-electron chi connectivity index (χ3n) is 4.13. The number of amides is 1. The average molecular weight is 367 g/mol. The van der Waals surface area contributed by atoms with Gasteiger partial charge in [0.15, 0.2) is 0 Å². The van der Waals surface area contributed by atoms with Crippen LogP contribution in [0.4, 0.5) is 5.69 Å². The van der Waals surface area contributed by atoms with Crippen LogP contribution in [-0.2, 0) is 4.74 Å². The van der Waals surface area contributed by atoms with E-state index in [1.165, 1.54) is 0 Å². The number of hydrogen-bond acceptors (Lipinski definition) is 4. The predicted molar refractivity (Wildman–Crippen MR) is 106 cm³/mol. The van der Waals surface area contributed by atoms with Gasteiger partial charge in [-0.2, -0.15) is 0 Å². The Hall–Kier alpha value is -2.79. The second kappa shape index (κ2) is 9.24. The monoisotopic (exact) mass is 367 g/mol. The maximum atomic E-state index is 12.5. The highest BCUT2D eigenvalue weighted by molar-refractivity contribution is 6.04. The number of anilines is 1. The number of ether oxygens (including phenoxy) is 3. The van der Waals surface area contributed by atoms with Crippen molar-refractivity contribution in [2.45, 2.75) is 25.9 Å². The highest BCUT2D eigenvalue weighted by atomic mass is 16.5. The molecule has 1 unspecified atom stereocenters. The number of benzene rings is 2. The fourth-order valence-corrected chi connectivity index (χ4v) is 2.77. The van der Waals surface area contributed by atoms with E-state index in [0.29, 0.717) is 36.0 Å². The molecule has 1 amide bonds. The minimum Gasteiger partial charge on any atom is -0.491 e. The Morgan fingerprint density at radius 3 is 2.70 bits per heavy atom. The molecule has 5 heteroatoms. The summed E-state index contributed by atoms with van der Waals surface area (Å²) in [5.41, 5.74) is 2.13. The van der Waals surface area contributed by atoms with Crippen molar-refractivity contribution in [3.8, 4) is 11.5 Å². The lowest BCUT2D eigenvalue weighted by Crippen LogP contribution is -2.16. The van der Waals surface area contributed by atoms with Gasteiger partial charge in [-0.15, -0.1) is 0 Å². The zero-order valence-corrected chi connectivity index (χ0v) is 15.6. The highest BCUT2D eigenvalue weighted by Gasteiger charge is 2.16. The van der Waals surface area contributed by atoms with Gasteiger partial charge in [0.1, 0.15) is 24.7 Å². The molecule has 142 valence electrons. The molecule has 0 bridgehead atoms. The topological polar surface area (TPSA) is 56.8 Å². The molecule has 2 aromatic carbocycles. The summed E-state index contributed by atoms with van der Waals surface area (Å²) < 4.78 is 16.9. The van der Waals surface area contributed by atoms with Crippen LogP contribution in [-0.4, -0.2) is 31.8 Å². The van der Waals surface area contributed by atoms with Gasteiger partial charge in [-0.1, -0.05) is 18.7 Å². The van der Waals surface area contributed by atoms with Gasteiger partial charge in [-0.25, -0.2) is 0 Å². The van der Waals surface area contributed by atoms with E-state index in [1.807, 2.05) is 37.3 Å². The highest BCUT2D eigenvalue weighted by Crippen LogP contribution is 2.21. The van der Waals surface area contributed by atoms with Gasteiger partial charge in [-0.05, 0) is 55.7 Å². The van der Waals surface area contributed by atoms with E-state index in [9.17, 15) is 4.79 Å². The first-order valence-corrected chi connectivity index (χ1v) is 9.13. The Balaban J connectivity index is 1.59. The molecule has 2 aromatic rings. The molecule has 27 heavy (non-hydrogen) atoms. The Morgan fingerprint density at radius 1 is 1.19 bits per heavy atom. The SMILES string of the molecule is C=C(C)COc1cccc(C(=O)Nc2cccc(OCC3CCCO3)c2)c1. The number of rotatable bonds is 8. The van der Waals surface area contributed by atoms with Crippen molar-refractivity contribution in [3.05, 3.63) is 66.2 Å². The van der Waals surface area contributed by atoms with E-state index in [1.54, 1.807) is 18.2 Å². The second-order valence-corrected chi connectivity index (χ2v) is 6.70. The molecule has 1 saturated heterocycles. The van der Waals surface area contributed by atoms with Crippen molar-refractivity contribution in [3.63, 3.8) is 0 Å². The molecule has 1 heterocycles. The molecule has 0 radical (unpaired) electrons. The first-order valence-electron chi connectivity index (χ1n) is 9.13. The van der Waals surface area contributed by atoms with Crippen LogP contribution in [0.1, 0.15) is 30.1 Å². The molecule has 0 spiro atoms. The summed E-state index contributed by atoms with van der Waals surface area (Å²) in [5, 5.41) is 2.90. The molecule has 1 atom stereocenters. The van der Waals surface area contributed by atoms with E-state index in [0.717, 1.165) is 25.0 Å². The summed E-state index contributed by atoms with van der Waals surface area (Å²) in [7, 11) is 0. The quantitative estimate of drug-likeness (QED) is 0.700. The van der Waals surface area contributed by atoms with Crippen molar-refractivity contribution in [2.75, 3.05) is 25.1 Å². The molecular formula is C22H25NO4. The summed E-state index contributed by atoms with van der Waals surface area (Å²) in [4.78, 5) is 12.5. The normalized spacial score (nSPS) is 16.0. The molecule has 1 N–H and O–H groups in total. The largest absolute Gasteiger partial charge is 0.491 e. The summed E-state index contributed by atoms with van der Waals surface area (Å²) in [6.07, 6.45) is 2.27. The van der Waals surface area contributed by atoms with Gasteiger partial charge in [-0.3, -0.25) is 4.79 Å². The summed E-state index contributed by atoms with van der Waals surface area (Å²) >= 11 is 0. The zero-order valence-electron chi connectivity index (χ0n) is 15.6. The van der Waals surface area contributed by atoms with Crippen molar-refractivity contribution in [1.29, 1.82) is 0 Å². The summed E-state index contributed by atoms with van der Waals surface area (Å²) in [6, 6.07) is 14.5. The molecule has 5 nitrogen and oxygen atoms in total. The first-order chi connectivity index (χ1) is 13.1. The van der Waals surface area contributed by atoms with E-state index >= 15 is 0 Å². The molecular weight excluding hydrogens is 342 g/mol. The van der Waals surface area contributed by atoms with Crippen LogP contribution in [0, 0.1) is 0 Å². The minimum absolute atomic E-state index is 0.158. The lowest BCUT2D eigenvalue weighted by Gasteiger charge is -2.13. The van der Waals surface area contributed by atoms with Crippen molar-refractivity contribution < 1.29 is 19.0 Å². The third-order valence-corrected chi connectivity index (χ3v) is 4.13. The maximum absolute atomic E-state index is 12.5. The molecule has 1 aliphatic rings. The van der Waals surface area contributed by atoms with Crippen molar-refractivity contribution >= 4 is 11.6 Å². The number of hydrogen-bond donors (Lipinski definition) is 1. The second-order valence-electron chi connectivity index (χ2n) is 6.70. The molecule has 0 aromatic heterocycles. The third kappa shape index (κ3) is 5.86. The van der Waals surface area contributed by atoms with Gasteiger partial charge < -0.3 is 19.5 Å². The minimum atomic E-state index is -0.202.